The molecule has 0 unspecified atom stereocenters. The van der Waals surface area contributed by atoms with Crippen molar-refractivity contribution in [1.82, 2.24) is 9.62 Å². The normalized spacial score (nSPS) is 20.6. The summed E-state index contributed by atoms with van der Waals surface area (Å²) < 4.78 is 28.2. The molecule has 1 heterocycles. The van der Waals surface area contributed by atoms with E-state index in [2.05, 4.69) is 32.5 Å². The van der Waals surface area contributed by atoms with Crippen LogP contribution in [0.2, 0.25) is 0 Å². The molecule has 1 aromatic rings. The molecule has 0 amide bonds. The summed E-state index contributed by atoms with van der Waals surface area (Å²) in [5.74, 6) is 0.401. The first kappa shape index (κ1) is 16.9. The van der Waals surface area contributed by atoms with E-state index < -0.39 is 10.0 Å². The minimum Gasteiger partial charge on any atom is -0.303 e. The van der Waals surface area contributed by atoms with Crippen molar-refractivity contribution in [2.45, 2.75) is 31.6 Å². The zero-order valence-corrected chi connectivity index (χ0v) is 15.0. The van der Waals surface area contributed by atoms with Crippen LogP contribution >= 0.6 is 15.9 Å². The molecule has 21 heavy (non-hydrogen) atoms. The minimum absolute atomic E-state index is 0.316. The zero-order valence-electron chi connectivity index (χ0n) is 12.6. The Morgan fingerprint density at radius 3 is 2.86 bits per heavy atom. The summed E-state index contributed by atoms with van der Waals surface area (Å²) in [5.41, 5.74) is 1.03. The van der Waals surface area contributed by atoms with E-state index in [1.165, 1.54) is 0 Å². The summed E-state index contributed by atoms with van der Waals surface area (Å²) in [6.45, 7) is 7.75. The molecule has 0 saturated carbocycles. The Bertz CT molecular complexity index is 589. The van der Waals surface area contributed by atoms with Crippen molar-refractivity contribution >= 4 is 26.0 Å². The molecule has 0 aromatic heterocycles. The summed E-state index contributed by atoms with van der Waals surface area (Å²) in [5, 5.41) is 0. The van der Waals surface area contributed by atoms with E-state index in [1.54, 1.807) is 6.07 Å². The van der Waals surface area contributed by atoms with E-state index in [-0.39, 0.29) is 0 Å². The molecule has 1 saturated heterocycles. The quantitative estimate of drug-likeness (QED) is 0.861. The van der Waals surface area contributed by atoms with Gasteiger partial charge in [-0.3, -0.25) is 0 Å². The van der Waals surface area contributed by atoms with Crippen LogP contribution in [0.4, 0.5) is 0 Å². The minimum atomic E-state index is -3.45. The number of hydrogen-bond acceptors (Lipinski definition) is 3. The highest BCUT2D eigenvalue weighted by molar-refractivity contribution is 9.10. The number of nitrogens with zero attached hydrogens (tertiary/aromatic N) is 1. The molecule has 1 aliphatic rings. The smallest absolute Gasteiger partial charge is 0.241 e. The second kappa shape index (κ2) is 7.22. The van der Waals surface area contributed by atoms with Crippen molar-refractivity contribution in [2.24, 2.45) is 5.92 Å². The second-order valence-corrected chi connectivity index (χ2v) is 8.28. The van der Waals surface area contributed by atoms with Gasteiger partial charge in [-0.2, -0.15) is 0 Å². The van der Waals surface area contributed by atoms with Gasteiger partial charge < -0.3 is 4.90 Å². The van der Waals surface area contributed by atoms with Gasteiger partial charge >= 0.3 is 0 Å². The second-order valence-electron chi connectivity index (χ2n) is 5.69. The van der Waals surface area contributed by atoms with Crippen molar-refractivity contribution in [3.05, 3.63) is 28.2 Å². The fraction of sp³-hybridized carbons (Fsp3) is 0.600. The molecule has 4 nitrogen and oxygen atoms in total. The highest BCUT2D eigenvalue weighted by atomic mass is 79.9. The fourth-order valence-corrected chi connectivity index (χ4v) is 5.04. The average molecular weight is 375 g/mol. The van der Waals surface area contributed by atoms with Crippen LogP contribution in [-0.4, -0.2) is 39.5 Å². The van der Waals surface area contributed by atoms with Crippen molar-refractivity contribution in [1.29, 1.82) is 0 Å². The third-order valence-corrected chi connectivity index (χ3v) is 6.39. The summed E-state index contributed by atoms with van der Waals surface area (Å²) in [7, 11) is -3.45. The van der Waals surface area contributed by atoms with E-state index in [4.69, 9.17) is 0 Å². The van der Waals surface area contributed by atoms with Gasteiger partial charge in [0.2, 0.25) is 10.0 Å². The Hall–Kier alpha value is -0.430. The fourth-order valence-electron chi connectivity index (χ4n) is 2.73. The SMILES string of the molecule is CCN1CCC[C@H](CNS(=O)(=O)c2ccc(C)cc2Br)C1. The van der Waals surface area contributed by atoms with Gasteiger partial charge in [0.25, 0.3) is 0 Å². The Labute approximate surface area is 136 Å². The maximum Gasteiger partial charge on any atom is 0.241 e. The lowest BCUT2D eigenvalue weighted by molar-refractivity contribution is 0.184. The highest BCUT2D eigenvalue weighted by Crippen LogP contribution is 2.23. The van der Waals surface area contributed by atoms with E-state index in [0.29, 0.717) is 21.8 Å². The Balaban J connectivity index is 2.01. The average Bonchev–Trinajstić information content (AvgIpc) is 2.45. The van der Waals surface area contributed by atoms with Gasteiger partial charge in [-0.1, -0.05) is 13.0 Å². The molecular weight excluding hydrogens is 352 g/mol. The van der Waals surface area contributed by atoms with Crippen molar-refractivity contribution in [3.63, 3.8) is 0 Å². The standard InChI is InChI=1S/C15H23BrN2O2S/c1-3-18-8-4-5-13(11-18)10-17-21(19,20)15-7-6-12(2)9-14(15)16/h6-7,9,13,17H,3-5,8,10-11H2,1-2H3/t13-/m1/s1. The Kier molecular flexibility index (Phi) is 5.82. The molecule has 1 aromatic carbocycles. The van der Waals surface area contributed by atoms with Crippen LogP contribution in [-0.2, 0) is 10.0 Å². The third-order valence-electron chi connectivity index (χ3n) is 3.99. The number of halogens is 1. The van der Waals surface area contributed by atoms with Gasteiger partial charge in [0, 0.05) is 17.6 Å². The number of benzene rings is 1. The van der Waals surface area contributed by atoms with Crippen LogP contribution in [0.15, 0.2) is 27.6 Å². The van der Waals surface area contributed by atoms with Crippen LogP contribution in [0.5, 0.6) is 0 Å². The van der Waals surface area contributed by atoms with Gasteiger partial charge in [0.15, 0.2) is 0 Å². The maximum atomic E-state index is 12.4. The van der Waals surface area contributed by atoms with Gasteiger partial charge in [-0.05, 0) is 72.4 Å². The molecule has 0 radical (unpaired) electrons. The number of hydrogen-bond donors (Lipinski definition) is 1. The lowest BCUT2D eigenvalue weighted by Gasteiger charge is -2.31. The van der Waals surface area contributed by atoms with Crippen LogP contribution in [0.3, 0.4) is 0 Å². The summed E-state index contributed by atoms with van der Waals surface area (Å²) in [4.78, 5) is 2.70. The monoisotopic (exact) mass is 374 g/mol. The zero-order chi connectivity index (χ0) is 15.5. The molecular formula is C15H23BrN2O2S. The van der Waals surface area contributed by atoms with Crippen LogP contribution in [0.25, 0.3) is 0 Å². The molecule has 0 bridgehead atoms. The summed E-state index contributed by atoms with van der Waals surface area (Å²) in [6.07, 6.45) is 2.24. The van der Waals surface area contributed by atoms with Crippen LogP contribution in [0.1, 0.15) is 25.3 Å². The van der Waals surface area contributed by atoms with Gasteiger partial charge in [-0.15, -0.1) is 0 Å². The molecule has 1 fully saturated rings. The Morgan fingerprint density at radius 1 is 1.43 bits per heavy atom. The number of sulfonamides is 1. The lowest BCUT2D eigenvalue weighted by atomic mass is 9.98. The number of likely N-dealkylation sites (tertiary alicyclic amines) is 1. The molecule has 1 aliphatic heterocycles. The van der Waals surface area contributed by atoms with Crippen molar-refractivity contribution in [2.75, 3.05) is 26.2 Å². The molecule has 0 spiro atoms. The first-order valence-corrected chi connectivity index (χ1v) is 9.68. The molecule has 6 heteroatoms. The molecule has 0 aliphatic carbocycles. The van der Waals surface area contributed by atoms with Gasteiger partial charge in [0.05, 0.1) is 4.90 Å². The third kappa shape index (κ3) is 4.52. The van der Waals surface area contributed by atoms with Gasteiger partial charge in [-0.25, -0.2) is 13.1 Å². The first-order valence-electron chi connectivity index (χ1n) is 7.40. The molecule has 2 rings (SSSR count). The van der Waals surface area contributed by atoms with E-state index >= 15 is 0 Å². The summed E-state index contributed by atoms with van der Waals surface area (Å²) in [6, 6.07) is 5.30. The number of nitrogens with one attached hydrogen (secondary N) is 1. The first-order chi connectivity index (χ1) is 9.92. The largest absolute Gasteiger partial charge is 0.303 e. The van der Waals surface area contributed by atoms with E-state index in [0.717, 1.165) is 38.0 Å². The Morgan fingerprint density at radius 2 is 2.19 bits per heavy atom. The topological polar surface area (TPSA) is 49.4 Å². The maximum absolute atomic E-state index is 12.4. The van der Waals surface area contributed by atoms with Crippen molar-refractivity contribution < 1.29 is 8.42 Å². The predicted octanol–water partition coefficient (Wildman–Crippen LogP) is 2.77. The number of piperidine rings is 1. The summed E-state index contributed by atoms with van der Waals surface area (Å²) >= 11 is 3.34. The van der Waals surface area contributed by atoms with E-state index in [1.807, 2.05) is 19.1 Å². The lowest BCUT2D eigenvalue weighted by Crippen LogP contribution is -2.40. The number of rotatable bonds is 5. The van der Waals surface area contributed by atoms with Crippen LogP contribution < -0.4 is 4.72 Å². The highest BCUT2D eigenvalue weighted by Gasteiger charge is 2.22. The van der Waals surface area contributed by atoms with Crippen LogP contribution in [0, 0.1) is 12.8 Å². The molecule has 118 valence electrons. The molecule has 1 N–H and O–H groups in total. The van der Waals surface area contributed by atoms with Gasteiger partial charge in [0.1, 0.15) is 0 Å². The molecule has 1 atom stereocenters. The number of aryl methyl sites for hydroxylation is 1. The van der Waals surface area contributed by atoms with Crippen molar-refractivity contribution in [3.8, 4) is 0 Å². The van der Waals surface area contributed by atoms with E-state index in [9.17, 15) is 8.42 Å². The predicted molar refractivity (Wildman–Crippen MR) is 88.9 cm³/mol.